The molecule has 2 aromatic heterocycles. The summed E-state index contributed by atoms with van der Waals surface area (Å²) in [6, 6.07) is 25.9. The highest BCUT2D eigenvalue weighted by Crippen LogP contribution is 2.48. The van der Waals surface area contributed by atoms with Gasteiger partial charge in [0.15, 0.2) is 0 Å². The molecule has 0 aliphatic heterocycles. The van der Waals surface area contributed by atoms with Crippen LogP contribution in [0.5, 0.6) is 0 Å². The zero-order valence-corrected chi connectivity index (χ0v) is 21.7. The summed E-state index contributed by atoms with van der Waals surface area (Å²) < 4.78 is 4.60. The van der Waals surface area contributed by atoms with Gasteiger partial charge in [0.2, 0.25) is 0 Å². The maximum Gasteiger partial charge on any atom is 0.109 e. The van der Waals surface area contributed by atoms with Crippen molar-refractivity contribution in [3.05, 3.63) is 94.3 Å². The Kier molecular flexibility index (Phi) is 6.40. The van der Waals surface area contributed by atoms with Crippen LogP contribution in [0.15, 0.2) is 70.7 Å². The lowest BCUT2D eigenvalue weighted by molar-refractivity contribution is 0.658. The zero-order chi connectivity index (χ0) is 24.5. The van der Waals surface area contributed by atoms with Gasteiger partial charge in [0.05, 0.1) is 11.1 Å². The third-order valence-corrected chi connectivity index (χ3v) is 9.68. The Hall–Kier alpha value is -3.32. The van der Waals surface area contributed by atoms with Crippen molar-refractivity contribution in [1.82, 2.24) is 9.13 Å². The molecule has 4 aromatic rings. The first-order valence-electron chi connectivity index (χ1n) is 12.6. The summed E-state index contributed by atoms with van der Waals surface area (Å²) in [7, 11) is 3.25. The minimum atomic E-state index is 0.798. The Balaban J connectivity index is 1.50. The molecule has 2 aromatic carbocycles. The number of hydrogen-bond donors (Lipinski definition) is 0. The van der Waals surface area contributed by atoms with Crippen molar-refractivity contribution < 1.29 is 0 Å². The van der Waals surface area contributed by atoms with Crippen molar-refractivity contribution in [2.45, 2.75) is 61.4 Å². The van der Waals surface area contributed by atoms with Crippen LogP contribution in [0.2, 0.25) is 0 Å². The molecule has 2 heterocycles. The fourth-order valence-electron chi connectivity index (χ4n) is 5.71. The van der Waals surface area contributed by atoms with Gasteiger partial charge in [-0.05, 0) is 108 Å². The minimum absolute atomic E-state index is 0.798. The van der Waals surface area contributed by atoms with Crippen LogP contribution in [-0.2, 0) is 25.7 Å². The molecule has 0 spiro atoms. The highest BCUT2D eigenvalue weighted by atomic mass is 33.1. The average Bonchev–Trinajstić information content (AvgIpc) is 3.44. The van der Waals surface area contributed by atoms with E-state index in [-0.39, 0.29) is 0 Å². The topological polar surface area (TPSA) is 57.4 Å². The third-order valence-electron chi connectivity index (χ3n) is 7.31. The molecule has 178 valence electrons. The van der Waals surface area contributed by atoms with Gasteiger partial charge in [0.1, 0.15) is 22.2 Å². The highest BCUT2D eigenvalue weighted by molar-refractivity contribution is 8.76. The summed E-state index contributed by atoms with van der Waals surface area (Å²) in [6.45, 7) is 0. The van der Waals surface area contributed by atoms with Gasteiger partial charge in [0, 0.05) is 22.8 Å². The van der Waals surface area contributed by atoms with Gasteiger partial charge in [-0.2, -0.15) is 10.5 Å². The second-order valence-corrected chi connectivity index (χ2v) is 11.5. The molecule has 0 fully saturated rings. The SMILES string of the molecule is N#Cc1c2c(n(-c3ccccc3)c1SSc1c(C#N)c3c(n1-c1ccccc1)CCCC3)CCCC2. The molecule has 0 N–H and O–H groups in total. The molecule has 0 atom stereocenters. The molecule has 4 nitrogen and oxygen atoms in total. The number of para-hydroxylation sites is 2. The lowest BCUT2D eigenvalue weighted by atomic mass is 9.95. The molecule has 0 bridgehead atoms. The first-order valence-corrected chi connectivity index (χ1v) is 14.7. The van der Waals surface area contributed by atoms with E-state index in [0.717, 1.165) is 83.9 Å². The summed E-state index contributed by atoms with van der Waals surface area (Å²) in [6.07, 6.45) is 8.43. The van der Waals surface area contributed by atoms with Crippen molar-refractivity contribution in [3.63, 3.8) is 0 Å². The molecule has 0 saturated heterocycles. The maximum atomic E-state index is 10.3. The van der Waals surface area contributed by atoms with Crippen molar-refractivity contribution in [1.29, 1.82) is 10.5 Å². The van der Waals surface area contributed by atoms with E-state index in [0.29, 0.717) is 0 Å². The number of fused-ring (bicyclic) bond motifs is 2. The zero-order valence-electron chi connectivity index (χ0n) is 20.0. The smallest absolute Gasteiger partial charge is 0.109 e. The van der Waals surface area contributed by atoms with Crippen LogP contribution in [0.4, 0.5) is 0 Å². The second kappa shape index (κ2) is 9.97. The predicted molar refractivity (Wildman–Crippen MR) is 146 cm³/mol. The molecular weight excluding hydrogens is 480 g/mol. The van der Waals surface area contributed by atoms with Gasteiger partial charge in [0.25, 0.3) is 0 Å². The van der Waals surface area contributed by atoms with E-state index in [1.807, 2.05) is 12.1 Å². The van der Waals surface area contributed by atoms with Crippen molar-refractivity contribution in [2.75, 3.05) is 0 Å². The van der Waals surface area contributed by atoms with Crippen LogP contribution in [0.1, 0.15) is 59.3 Å². The van der Waals surface area contributed by atoms with E-state index in [1.165, 1.54) is 22.5 Å². The van der Waals surface area contributed by atoms with Crippen LogP contribution in [0, 0.1) is 22.7 Å². The standard InChI is InChI=1S/C30H26N4S2/c31-19-25-23-15-7-9-17-27(23)33(21-11-3-1-4-12-21)29(25)35-36-30-26(20-32)24-16-8-10-18-28(24)34(30)22-13-5-2-6-14-22/h1-6,11-14H,7-10,15-18H2. The van der Waals surface area contributed by atoms with E-state index >= 15 is 0 Å². The van der Waals surface area contributed by atoms with Crippen molar-refractivity contribution in [3.8, 4) is 23.5 Å². The number of benzene rings is 2. The maximum absolute atomic E-state index is 10.3. The fraction of sp³-hybridized carbons (Fsp3) is 0.267. The van der Waals surface area contributed by atoms with Gasteiger partial charge < -0.3 is 9.13 Å². The van der Waals surface area contributed by atoms with Crippen LogP contribution in [0.3, 0.4) is 0 Å². The molecule has 6 heteroatoms. The normalized spacial score (nSPS) is 14.5. The van der Waals surface area contributed by atoms with Crippen LogP contribution >= 0.6 is 21.6 Å². The molecule has 36 heavy (non-hydrogen) atoms. The minimum Gasteiger partial charge on any atom is -0.307 e. The van der Waals surface area contributed by atoms with Gasteiger partial charge in [-0.1, -0.05) is 36.4 Å². The summed E-state index contributed by atoms with van der Waals surface area (Å²) in [5, 5.41) is 22.5. The first kappa shape index (κ1) is 23.1. The molecule has 2 aliphatic rings. The highest BCUT2D eigenvalue weighted by Gasteiger charge is 2.29. The molecule has 6 rings (SSSR count). The van der Waals surface area contributed by atoms with Crippen molar-refractivity contribution >= 4 is 21.6 Å². The summed E-state index contributed by atoms with van der Waals surface area (Å²) in [5.41, 5.74) is 8.73. The van der Waals surface area contributed by atoms with E-state index < -0.39 is 0 Å². The van der Waals surface area contributed by atoms with Crippen LogP contribution in [-0.4, -0.2) is 9.13 Å². The lowest BCUT2D eigenvalue weighted by Gasteiger charge is -2.17. The number of hydrogen-bond acceptors (Lipinski definition) is 4. The lowest BCUT2D eigenvalue weighted by Crippen LogP contribution is -2.07. The van der Waals surface area contributed by atoms with Gasteiger partial charge >= 0.3 is 0 Å². The largest absolute Gasteiger partial charge is 0.307 e. The van der Waals surface area contributed by atoms with Crippen LogP contribution < -0.4 is 0 Å². The monoisotopic (exact) mass is 506 g/mol. The van der Waals surface area contributed by atoms with E-state index in [1.54, 1.807) is 21.6 Å². The Morgan fingerprint density at radius 2 is 0.944 bits per heavy atom. The van der Waals surface area contributed by atoms with E-state index in [4.69, 9.17) is 0 Å². The molecule has 2 aliphatic carbocycles. The summed E-state index contributed by atoms with van der Waals surface area (Å²) >= 11 is 0. The Morgan fingerprint density at radius 3 is 1.33 bits per heavy atom. The summed E-state index contributed by atoms with van der Waals surface area (Å²) in [5.74, 6) is 0. The molecular formula is C30H26N4S2. The molecule has 0 saturated carbocycles. The first-order chi connectivity index (χ1) is 17.8. The summed E-state index contributed by atoms with van der Waals surface area (Å²) in [4.78, 5) is 0. The number of nitrogens with zero attached hydrogens (tertiary/aromatic N) is 4. The van der Waals surface area contributed by atoms with E-state index in [9.17, 15) is 10.5 Å². The Bertz CT molecular complexity index is 1390. The Labute approximate surface area is 220 Å². The number of nitriles is 2. The Morgan fingerprint density at radius 1 is 0.556 bits per heavy atom. The predicted octanol–water partition coefficient (Wildman–Crippen LogP) is 7.57. The quantitative estimate of drug-likeness (QED) is 0.262. The molecule has 0 radical (unpaired) electrons. The molecule has 0 amide bonds. The second-order valence-electron chi connectivity index (χ2n) is 9.36. The van der Waals surface area contributed by atoms with Gasteiger partial charge in [-0.15, -0.1) is 0 Å². The van der Waals surface area contributed by atoms with Gasteiger partial charge in [-0.3, -0.25) is 0 Å². The van der Waals surface area contributed by atoms with Crippen molar-refractivity contribution in [2.24, 2.45) is 0 Å². The van der Waals surface area contributed by atoms with Gasteiger partial charge in [-0.25, -0.2) is 0 Å². The van der Waals surface area contributed by atoms with E-state index in [2.05, 4.69) is 69.8 Å². The fourth-order valence-corrected chi connectivity index (χ4v) is 8.37. The third kappa shape index (κ3) is 3.86. The average molecular weight is 507 g/mol. The molecule has 0 unspecified atom stereocenters. The van der Waals surface area contributed by atoms with Crippen LogP contribution in [0.25, 0.3) is 11.4 Å². The number of rotatable bonds is 5. The number of aromatic nitrogens is 2.